The molecule has 2 N–H and O–H groups in total. The fraction of sp³-hybridized carbons (Fsp3) is 0.333. The summed E-state index contributed by atoms with van der Waals surface area (Å²) in [5, 5.41) is 1.30. The number of fused-ring (bicyclic) bond motifs is 1. The number of aromatic nitrogens is 1. The van der Waals surface area contributed by atoms with Crippen LogP contribution in [0.1, 0.15) is 18.2 Å². The maximum Gasteiger partial charge on any atom is 0.0483 e. The van der Waals surface area contributed by atoms with Gasteiger partial charge in [0.1, 0.15) is 0 Å². The Labute approximate surface area is 84.3 Å². The van der Waals surface area contributed by atoms with Crippen LogP contribution < -0.4 is 5.73 Å². The molecule has 2 rings (SSSR count). The predicted molar refractivity (Wildman–Crippen MR) is 60.2 cm³/mol. The van der Waals surface area contributed by atoms with Gasteiger partial charge in [-0.15, -0.1) is 0 Å². The van der Waals surface area contributed by atoms with E-state index in [4.69, 9.17) is 5.73 Å². The van der Waals surface area contributed by atoms with Gasteiger partial charge in [0, 0.05) is 29.7 Å². The van der Waals surface area contributed by atoms with E-state index in [2.05, 4.69) is 42.7 Å². The summed E-state index contributed by atoms with van der Waals surface area (Å²) >= 11 is 0. The minimum absolute atomic E-state index is 0.613. The van der Waals surface area contributed by atoms with Gasteiger partial charge in [0.25, 0.3) is 0 Å². The molecule has 0 unspecified atom stereocenters. The van der Waals surface area contributed by atoms with Crippen molar-refractivity contribution in [3.8, 4) is 0 Å². The van der Waals surface area contributed by atoms with Crippen molar-refractivity contribution in [2.75, 3.05) is 0 Å². The number of hydrogen-bond acceptors (Lipinski definition) is 1. The van der Waals surface area contributed by atoms with E-state index in [1.165, 1.54) is 22.2 Å². The molecule has 0 radical (unpaired) electrons. The lowest BCUT2D eigenvalue weighted by molar-refractivity contribution is 0.739. The summed E-state index contributed by atoms with van der Waals surface area (Å²) in [6, 6.07) is 8.72. The molecule has 0 spiro atoms. The first kappa shape index (κ1) is 9.28. The second-order valence-electron chi connectivity index (χ2n) is 3.65. The van der Waals surface area contributed by atoms with Crippen molar-refractivity contribution in [1.29, 1.82) is 0 Å². The van der Waals surface area contributed by atoms with Gasteiger partial charge in [-0.05, 0) is 32.0 Å². The van der Waals surface area contributed by atoms with Gasteiger partial charge in [-0.25, -0.2) is 0 Å². The highest BCUT2D eigenvalue weighted by Gasteiger charge is 2.05. The van der Waals surface area contributed by atoms with Gasteiger partial charge in [0.05, 0.1) is 0 Å². The third-order valence-corrected chi connectivity index (χ3v) is 2.67. The number of aryl methyl sites for hydroxylation is 2. The average molecular weight is 188 g/mol. The molecule has 0 amide bonds. The highest BCUT2D eigenvalue weighted by atomic mass is 15.0. The average Bonchev–Trinajstić information content (AvgIpc) is 2.54. The Kier molecular flexibility index (Phi) is 2.30. The van der Waals surface area contributed by atoms with E-state index in [0.29, 0.717) is 6.54 Å². The van der Waals surface area contributed by atoms with E-state index >= 15 is 0 Å². The van der Waals surface area contributed by atoms with Crippen LogP contribution in [0.3, 0.4) is 0 Å². The molecule has 0 aliphatic rings. The highest BCUT2D eigenvalue weighted by molar-refractivity contribution is 5.82. The molecule has 2 heteroatoms. The van der Waals surface area contributed by atoms with E-state index in [1.54, 1.807) is 0 Å². The zero-order valence-corrected chi connectivity index (χ0v) is 8.75. The summed E-state index contributed by atoms with van der Waals surface area (Å²) in [7, 11) is 0. The molecule has 1 aromatic heterocycles. The quantitative estimate of drug-likeness (QED) is 0.771. The van der Waals surface area contributed by atoms with Gasteiger partial charge >= 0.3 is 0 Å². The number of hydrogen-bond donors (Lipinski definition) is 1. The van der Waals surface area contributed by atoms with Crippen molar-refractivity contribution >= 4 is 10.9 Å². The summed E-state index contributed by atoms with van der Waals surface area (Å²) in [4.78, 5) is 0. The molecule has 74 valence electrons. The van der Waals surface area contributed by atoms with Gasteiger partial charge < -0.3 is 10.3 Å². The monoisotopic (exact) mass is 188 g/mol. The number of nitrogens with zero attached hydrogens (tertiary/aromatic N) is 1. The Balaban J connectivity index is 2.73. The van der Waals surface area contributed by atoms with Gasteiger partial charge in [-0.3, -0.25) is 0 Å². The van der Waals surface area contributed by atoms with Crippen molar-refractivity contribution < 1.29 is 0 Å². The van der Waals surface area contributed by atoms with Gasteiger partial charge in [0.2, 0.25) is 0 Å². The Morgan fingerprint density at radius 3 is 2.71 bits per heavy atom. The first-order chi connectivity index (χ1) is 6.76. The molecule has 0 bridgehead atoms. The third-order valence-electron chi connectivity index (χ3n) is 2.67. The van der Waals surface area contributed by atoms with Crippen LogP contribution in [0.2, 0.25) is 0 Å². The van der Waals surface area contributed by atoms with Crippen LogP contribution in [0.15, 0.2) is 24.3 Å². The zero-order chi connectivity index (χ0) is 10.1. The van der Waals surface area contributed by atoms with Crippen LogP contribution >= 0.6 is 0 Å². The molecule has 14 heavy (non-hydrogen) atoms. The topological polar surface area (TPSA) is 30.9 Å². The lowest BCUT2D eigenvalue weighted by Gasteiger charge is -2.05. The standard InChI is InChI=1S/C12H16N2/c1-3-14-11(8-13)7-10-6-9(2)4-5-12(10)14/h4-7H,3,8,13H2,1-2H3. The van der Waals surface area contributed by atoms with Crippen LogP contribution in [-0.4, -0.2) is 4.57 Å². The lowest BCUT2D eigenvalue weighted by atomic mass is 10.2. The largest absolute Gasteiger partial charge is 0.344 e. The normalized spacial score (nSPS) is 11.1. The van der Waals surface area contributed by atoms with Crippen LogP contribution in [0.5, 0.6) is 0 Å². The molecule has 0 fully saturated rings. The van der Waals surface area contributed by atoms with Gasteiger partial charge in [-0.1, -0.05) is 11.6 Å². The molecule has 0 aliphatic carbocycles. The van der Waals surface area contributed by atoms with Crippen LogP contribution in [0.4, 0.5) is 0 Å². The molecule has 0 atom stereocenters. The number of nitrogens with two attached hydrogens (primary N) is 1. The molecule has 0 saturated heterocycles. The zero-order valence-electron chi connectivity index (χ0n) is 8.75. The molecular formula is C12H16N2. The smallest absolute Gasteiger partial charge is 0.0483 e. The van der Waals surface area contributed by atoms with E-state index in [1.807, 2.05) is 0 Å². The van der Waals surface area contributed by atoms with Gasteiger partial charge in [0.15, 0.2) is 0 Å². The predicted octanol–water partition coefficient (Wildman–Crippen LogP) is 2.43. The number of rotatable bonds is 2. The molecule has 0 saturated carbocycles. The summed E-state index contributed by atoms with van der Waals surface area (Å²) in [5.41, 5.74) is 9.51. The number of benzene rings is 1. The van der Waals surface area contributed by atoms with Crippen molar-refractivity contribution in [3.05, 3.63) is 35.5 Å². The van der Waals surface area contributed by atoms with Crippen LogP contribution in [0.25, 0.3) is 10.9 Å². The Hall–Kier alpha value is -1.28. The fourth-order valence-corrected chi connectivity index (χ4v) is 1.99. The minimum Gasteiger partial charge on any atom is -0.344 e. The summed E-state index contributed by atoms with van der Waals surface area (Å²) in [5.74, 6) is 0. The summed E-state index contributed by atoms with van der Waals surface area (Å²) < 4.78 is 2.27. The Bertz CT molecular complexity index is 455. The third kappa shape index (κ3) is 1.32. The second kappa shape index (κ2) is 3.46. The van der Waals surface area contributed by atoms with Gasteiger partial charge in [-0.2, -0.15) is 0 Å². The van der Waals surface area contributed by atoms with Crippen molar-refractivity contribution in [2.45, 2.75) is 26.9 Å². The SMILES string of the molecule is CCn1c(CN)cc2cc(C)ccc21. The maximum atomic E-state index is 5.71. The van der Waals surface area contributed by atoms with Crippen molar-refractivity contribution in [1.82, 2.24) is 4.57 Å². The van der Waals surface area contributed by atoms with E-state index in [-0.39, 0.29) is 0 Å². The van der Waals surface area contributed by atoms with Crippen LogP contribution in [-0.2, 0) is 13.1 Å². The summed E-state index contributed by atoms with van der Waals surface area (Å²) in [6.07, 6.45) is 0. The van der Waals surface area contributed by atoms with E-state index < -0.39 is 0 Å². The summed E-state index contributed by atoms with van der Waals surface area (Å²) in [6.45, 7) is 5.87. The minimum atomic E-state index is 0.613. The molecule has 2 nitrogen and oxygen atoms in total. The lowest BCUT2D eigenvalue weighted by Crippen LogP contribution is -2.05. The second-order valence-corrected chi connectivity index (χ2v) is 3.65. The van der Waals surface area contributed by atoms with Crippen LogP contribution in [0, 0.1) is 6.92 Å². The van der Waals surface area contributed by atoms with E-state index in [0.717, 1.165) is 6.54 Å². The molecule has 2 aromatic rings. The maximum absolute atomic E-state index is 5.71. The Morgan fingerprint density at radius 1 is 1.29 bits per heavy atom. The van der Waals surface area contributed by atoms with Crippen molar-refractivity contribution in [3.63, 3.8) is 0 Å². The molecular weight excluding hydrogens is 172 g/mol. The molecule has 1 heterocycles. The molecule has 1 aromatic carbocycles. The molecule has 0 aliphatic heterocycles. The highest BCUT2D eigenvalue weighted by Crippen LogP contribution is 2.20. The van der Waals surface area contributed by atoms with Crippen molar-refractivity contribution in [2.24, 2.45) is 5.73 Å². The Morgan fingerprint density at radius 2 is 2.07 bits per heavy atom. The fourth-order valence-electron chi connectivity index (χ4n) is 1.99. The first-order valence-corrected chi connectivity index (χ1v) is 5.05. The first-order valence-electron chi connectivity index (χ1n) is 5.05. The van der Waals surface area contributed by atoms with E-state index in [9.17, 15) is 0 Å².